The molecule has 2 heterocycles. The van der Waals surface area contributed by atoms with Gasteiger partial charge < -0.3 is 9.30 Å². The van der Waals surface area contributed by atoms with Crippen LogP contribution < -0.4 is 4.74 Å². The van der Waals surface area contributed by atoms with E-state index in [2.05, 4.69) is 15.0 Å². The third-order valence-corrected chi connectivity index (χ3v) is 1.73. The van der Waals surface area contributed by atoms with E-state index in [4.69, 9.17) is 4.74 Å². The van der Waals surface area contributed by atoms with Gasteiger partial charge in [0.2, 0.25) is 0 Å². The topological polar surface area (TPSA) is 52.8 Å². The van der Waals surface area contributed by atoms with Gasteiger partial charge in [-0.15, -0.1) is 0 Å². The summed E-state index contributed by atoms with van der Waals surface area (Å²) in [5, 5.41) is 0. The average Bonchev–Trinajstić information content (AvgIpc) is 2.48. The molecule has 2 aromatic heterocycles. The maximum atomic E-state index is 5.15. The van der Waals surface area contributed by atoms with Crippen LogP contribution in [-0.2, 0) is 7.05 Å². The summed E-state index contributed by atoms with van der Waals surface area (Å²) in [7, 11) is 1.90. The molecule has 0 aliphatic heterocycles. The van der Waals surface area contributed by atoms with Crippen molar-refractivity contribution in [1.29, 1.82) is 0 Å². The maximum Gasteiger partial charge on any atom is 0.318 e. The van der Waals surface area contributed by atoms with Gasteiger partial charge in [-0.2, -0.15) is 4.98 Å². The van der Waals surface area contributed by atoms with E-state index >= 15 is 0 Å². The molecular formula is C8H10N4O. The summed E-state index contributed by atoms with van der Waals surface area (Å²) >= 11 is 0. The van der Waals surface area contributed by atoms with Gasteiger partial charge in [-0.3, -0.25) is 0 Å². The minimum Gasteiger partial charge on any atom is -0.464 e. The summed E-state index contributed by atoms with van der Waals surface area (Å²) in [4.78, 5) is 12.2. The molecule has 0 aliphatic rings. The van der Waals surface area contributed by atoms with E-state index in [1.54, 1.807) is 12.5 Å². The highest BCUT2D eigenvalue weighted by atomic mass is 16.5. The summed E-state index contributed by atoms with van der Waals surface area (Å²) < 4.78 is 7.02. The van der Waals surface area contributed by atoms with Gasteiger partial charge in [0.05, 0.1) is 19.1 Å². The van der Waals surface area contributed by atoms with Crippen molar-refractivity contribution < 1.29 is 4.74 Å². The van der Waals surface area contributed by atoms with Crippen LogP contribution in [0.1, 0.15) is 6.92 Å². The minimum atomic E-state index is 0.383. The second kappa shape index (κ2) is 3.01. The molecule has 13 heavy (non-hydrogen) atoms. The Morgan fingerprint density at radius 2 is 2.31 bits per heavy atom. The number of fused-ring (bicyclic) bond motifs is 1. The molecule has 0 unspecified atom stereocenters. The van der Waals surface area contributed by atoms with Crippen LogP contribution >= 0.6 is 0 Å². The number of hydrogen-bond donors (Lipinski definition) is 0. The standard InChI is InChI=1S/C8H10N4O/c1-3-13-8-9-4-6-7(11-8)10-5-12(6)2/h4-5H,3H2,1-2H3. The van der Waals surface area contributed by atoms with Gasteiger partial charge >= 0.3 is 6.01 Å². The fraction of sp³-hybridized carbons (Fsp3) is 0.375. The number of imidazole rings is 1. The summed E-state index contributed by atoms with van der Waals surface area (Å²) in [5.74, 6) is 0. The van der Waals surface area contributed by atoms with Crippen molar-refractivity contribution in [3.8, 4) is 6.01 Å². The van der Waals surface area contributed by atoms with E-state index in [-0.39, 0.29) is 0 Å². The SMILES string of the molecule is CCOc1ncc2c(ncn2C)n1. The predicted molar refractivity (Wildman–Crippen MR) is 47.5 cm³/mol. The zero-order valence-corrected chi connectivity index (χ0v) is 7.56. The van der Waals surface area contributed by atoms with Crippen molar-refractivity contribution in [3.05, 3.63) is 12.5 Å². The Labute approximate surface area is 75.4 Å². The molecule has 0 spiro atoms. The van der Waals surface area contributed by atoms with E-state index < -0.39 is 0 Å². The molecule has 0 saturated carbocycles. The van der Waals surface area contributed by atoms with E-state index in [0.29, 0.717) is 18.3 Å². The van der Waals surface area contributed by atoms with Crippen LogP contribution in [0.2, 0.25) is 0 Å². The van der Waals surface area contributed by atoms with Crippen LogP contribution in [0.15, 0.2) is 12.5 Å². The number of rotatable bonds is 2. The second-order valence-electron chi connectivity index (χ2n) is 2.65. The van der Waals surface area contributed by atoms with Crippen LogP contribution in [0, 0.1) is 0 Å². The molecule has 0 aromatic carbocycles. The lowest BCUT2D eigenvalue weighted by Crippen LogP contribution is -1.97. The molecule has 0 aliphatic carbocycles. The van der Waals surface area contributed by atoms with Gasteiger partial charge in [0.25, 0.3) is 0 Å². The summed E-state index contributed by atoms with van der Waals surface area (Å²) in [6.45, 7) is 2.46. The maximum absolute atomic E-state index is 5.15. The first-order chi connectivity index (χ1) is 6.31. The van der Waals surface area contributed by atoms with Crippen molar-refractivity contribution in [3.63, 3.8) is 0 Å². The molecule has 0 radical (unpaired) electrons. The number of ether oxygens (including phenoxy) is 1. The third-order valence-electron chi connectivity index (χ3n) is 1.73. The van der Waals surface area contributed by atoms with Gasteiger partial charge in [0.15, 0.2) is 5.65 Å². The Balaban J connectivity index is 2.50. The normalized spacial score (nSPS) is 10.6. The Morgan fingerprint density at radius 3 is 3.08 bits per heavy atom. The summed E-state index contributed by atoms with van der Waals surface area (Å²) in [6, 6.07) is 0.383. The zero-order valence-electron chi connectivity index (χ0n) is 7.56. The quantitative estimate of drug-likeness (QED) is 0.681. The zero-order chi connectivity index (χ0) is 9.26. The van der Waals surface area contributed by atoms with E-state index in [9.17, 15) is 0 Å². The van der Waals surface area contributed by atoms with Gasteiger partial charge in [-0.05, 0) is 6.92 Å². The molecular weight excluding hydrogens is 168 g/mol. The van der Waals surface area contributed by atoms with Crippen LogP contribution in [0.4, 0.5) is 0 Å². The molecule has 0 fully saturated rings. The molecule has 0 saturated heterocycles. The van der Waals surface area contributed by atoms with Gasteiger partial charge in [0.1, 0.15) is 5.52 Å². The number of aromatic nitrogens is 4. The molecule has 2 rings (SSSR count). The third kappa shape index (κ3) is 1.32. The molecule has 0 atom stereocenters. The number of aryl methyl sites for hydroxylation is 1. The Bertz CT molecular complexity index is 423. The molecule has 5 nitrogen and oxygen atoms in total. The van der Waals surface area contributed by atoms with Gasteiger partial charge in [0, 0.05) is 7.05 Å². The lowest BCUT2D eigenvalue weighted by Gasteiger charge is -1.99. The van der Waals surface area contributed by atoms with Crippen LogP contribution in [0.3, 0.4) is 0 Å². The minimum absolute atomic E-state index is 0.383. The molecule has 0 bridgehead atoms. The van der Waals surface area contributed by atoms with Crippen LogP contribution in [0.25, 0.3) is 11.2 Å². The molecule has 5 heteroatoms. The first-order valence-corrected chi connectivity index (χ1v) is 4.08. The fourth-order valence-electron chi connectivity index (χ4n) is 1.10. The second-order valence-corrected chi connectivity index (χ2v) is 2.65. The number of nitrogens with zero attached hydrogens (tertiary/aromatic N) is 4. The molecule has 2 aromatic rings. The number of hydrogen-bond acceptors (Lipinski definition) is 4. The van der Waals surface area contributed by atoms with Crippen molar-refractivity contribution in [1.82, 2.24) is 19.5 Å². The smallest absolute Gasteiger partial charge is 0.318 e. The average molecular weight is 178 g/mol. The Morgan fingerprint density at radius 1 is 1.46 bits per heavy atom. The van der Waals surface area contributed by atoms with Gasteiger partial charge in [-0.25, -0.2) is 9.97 Å². The highest BCUT2D eigenvalue weighted by Gasteiger charge is 2.03. The largest absolute Gasteiger partial charge is 0.464 e. The highest BCUT2D eigenvalue weighted by molar-refractivity contribution is 5.69. The monoisotopic (exact) mass is 178 g/mol. The Hall–Kier alpha value is -1.65. The molecule has 0 amide bonds. The fourth-order valence-corrected chi connectivity index (χ4v) is 1.10. The Kier molecular flexibility index (Phi) is 1.84. The van der Waals surface area contributed by atoms with E-state index in [0.717, 1.165) is 5.52 Å². The van der Waals surface area contributed by atoms with E-state index in [1.165, 1.54) is 0 Å². The first-order valence-electron chi connectivity index (χ1n) is 4.08. The lowest BCUT2D eigenvalue weighted by molar-refractivity contribution is 0.314. The summed E-state index contributed by atoms with van der Waals surface area (Å²) in [5.41, 5.74) is 1.57. The van der Waals surface area contributed by atoms with Crippen molar-refractivity contribution in [2.24, 2.45) is 7.05 Å². The van der Waals surface area contributed by atoms with Crippen molar-refractivity contribution in [2.45, 2.75) is 6.92 Å². The van der Waals surface area contributed by atoms with Gasteiger partial charge in [-0.1, -0.05) is 0 Å². The summed E-state index contributed by atoms with van der Waals surface area (Å²) in [6.07, 6.45) is 3.41. The highest BCUT2D eigenvalue weighted by Crippen LogP contribution is 2.10. The van der Waals surface area contributed by atoms with Crippen LogP contribution in [0.5, 0.6) is 6.01 Å². The van der Waals surface area contributed by atoms with Crippen molar-refractivity contribution in [2.75, 3.05) is 6.61 Å². The first kappa shape index (κ1) is 7.97. The van der Waals surface area contributed by atoms with Crippen LogP contribution in [-0.4, -0.2) is 26.1 Å². The predicted octanol–water partition coefficient (Wildman–Crippen LogP) is 0.762. The lowest BCUT2D eigenvalue weighted by atomic mass is 10.5. The molecule has 68 valence electrons. The molecule has 0 N–H and O–H groups in total. The van der Waals surface area contributed by atoms with Crippen molar-refractivity contribution >= 4 is 11.2 Å². The van der Waals surface area contributed by atoms with E-state index in [1.807, 2.05) is 18.5 Å².